The van der Waals surface area contributed by atoms with Gasteiger partial charge < -0.3 is 14.6 Å². The molecule has 0 atom stereocenters. The monoisotopic (exact) mass is 332 g/mol. The minimum absolute atomic E-state index is 0.0587. The number of halogens is 3. The molecule has 1 N–H and O–H groups in total. The fourth-order valence-electron chi connectivity index (χ4n) is 2.22. The number of aromatic nitrogens is 1. The maximum absolute atomic E-state index is 12.6. The summed E-state index contributed by atoms with van der Waals surface area (Å²) in [5.74, 6) is -1.47. The van der Waals surface area contributed by atoms with Crippen molar-refractivity contribution in [2.75, 3.05) is 19.7 Å². The number of nitrogens with one attached hydrogen (secondary N) is 1. The third-order valence-corrected chi connectivity index (χ3v) is 3.14. The topological polar surface area (TPSA) is 62.4 Å². The Morgan fingerprint density at radius 1 is 1.35 bits per heavy atom. The molecule has 0 saturated heterocycles. The number of ether oxygens (including phenoxy) is 1. The predicted octanol–water partition coefficient (Wildman–Crippen LogP) is 3.00. The molecule has 0 fully saturated rings. The van der Waals surface area contributed by atoms with Crippen molar-refractivity contribution < 1.29 is 27.5 Å². The number of alkyl halides is 3. The molecule has 0 bridgehead atoms. The zero-order valence-electron chi connectivity index (χ0n) is 13.2. The van der Waals surface area contributed by atoms with E-state index in [4.69, 9.17) is 4.74 Å². The smallest absolute Gasteiger partial charge is 0.406 e. The van der Waals surface area contributed by atoms with E-state index in [1.54, 1.807) is 13.8 Å². The van der Waals surface area contributed by atoms with Crippen LogP contribution in [0.5, 0.6) is 0 Å². The summed E-state index contributed by atoms with van der Waals surface area (Å²) in [5.41, 5.74) is 0.745. The minimum atomic E-state index is -4.53. The van der Waals surface area contributed by atoms with Crippen LogP contribution in [0.2, 0.25) is 0 Å². The summed E-state index contributed by atoms with van der Waals surface area (Å²) in [5, 5.41) is 0. The first-order valence-electron chi connectivity index (χ1n) is 6.95. The number of hydrogen-bond donors (Lipinski definition) is 1. The number of amides is 1. The second-order valence-electron chi connectivity index (χ2n) is 4.93. The molecule has 0 aliphatic rings. The molecule has 0 aromatic carbocycles. The number of aryl methyl sites for hydroxylation is 1. The van der Waals surface area contributed by atoms with Crippen LogP contribution in [-0.4, -0.2) is 47.6 Å². The Bertz CT molecular complexity index is 606. The van der Waals surface area contributed by atoms with Gasteiger partial charge in [0.25, 0.3) is 5.91 Å². The molecule has 0 aliphatic heterocycles. The van der Waals surface area contributed by atoms with Gasteiger partial charge in [-0.25, -0.2) is 4.79 Å². The Kier molecular flexibility index (Phi) is 6.00. The molecule has 1 aromatic rings. The van der Waals surface area contributed by atoms with Crippen LogP contribution in [-0.2, 0) is 4.74 Å². The molecule has 128 valence electrons. The van der Waals surface area contributed by atoms with Crippen molar-refractivity contribution in [1.29, 1.82) is 0 Å². The molecule has 0 aliphatic carbocycles. The summed E-state index contributed by atoms with van der Waals surface area (Å²) in [6.45, 7) is 6.53. The van der Waals surface area contributed by atoms with Gasteiger partial charge in [0, 0.05) is 12.2 Å². The van der Waals surface area contributed by atoms with Crippen LogP contribution >= 0.6 is 0 Å². The van der Waals surface area contributed by atoms with E-state index in [1.807, 2.05) is 0 Å². The largest absolute Gasteiger partial charge is 0.462 e. The van der Waals surface area contributed by atoms with Gasteiger partial charge >= 0.3 is 12.1 Å². The van der Waals surface area contributed by atoms with Gasteiger partial charge in [-0.2, -0.15) is 13.2 Å². The average molecular weight is 332 g/mol. The van der Waals surface area contributed by atoms with E-state index in [-0.39, 0.29) is 30.0 Å². The highest BCUT2D eigenvalue weighted by atomic mass is 19.4. The summed E-state index contributed by atoms with van der Waals surface area (Å²) in [4.78, 5) is 27.6. The zero-order valence-corrected chi connectivity index (χ0v) is 13.2. The van der Waals surface area contributed by atoms with Crippen molar-refractivity contribution in [2.24, 2.45) is 0 Å². The van der Waals surface area contributed by atoms with Gasteiger partial charge in [0.05, 0.1) is 12.2 Å². The number of carbonyl (C=O) groups excluding carboxylic acids is 2. The van der Waals surface area contributed by atoms with Gasteiger partial charge in [0.2, 0.25) is 0 Å². The van der Waals surface area contributed by atoms with Crippen LogP contribution in [0.3, 0.4) is 0 Å². The fourth-order valence-corrected chi connectivity index (χ4v) is 2.22. The first kappa shape index (κ1) is 18.8. The van der Waals surface area contributed by atoms with Crippen LogP contribution in [0.4, 0.5) is 13.2 Å². The van der Waals surface area contributed by atoms with Crippen molar-refractivity contribution in [3.8, 4) is 0 Å². The number of hydrogen-bond acceptors (Lipinski definition) is 3. The molecule has 1 rings (SSSR count). The van der Waals surface area contributed by atoms with Gasteiger partial charge in [-0.05, 0) is 26.3 Å². The maximum atomic E-state index is 12.6. The summed E-state index contributed by atoms with van der Waals surface area (Å²) in [7, 11) is 0. The van der Waals surface area contributed by atoms with Crippen molar-refractivity contribution in [3.05, 3.63) is 35.2 Å². The number of nitrogens with zero attached hydrogens (tertiary/aromatic N) is 1. The van der Waals surface area contributed by atoms with Gasteiger partial charge in [-0.15, -0.1) is 6.58 Å². The van der Waals surface area contributed by atoms with E-state index in [1.165, 1.54) is 13.0 Å². The summed E-state index contributed by atoms with van der Waals surface area (Å²) >= 11 is 0. The van der Waals surface area contributed by atoms with Gasteiger partial charge in [0.15, 0.2) is 0 Å². The third-order valence-electron chi connectivity index (χ3n) is 3.14. The molecule has 5 nitrogen and oxygen atoms in total. The van der Waals surface area contributed by atoms with E-state index < -0.39 is 24.6 Å². The molecule has 8 heteroatoms. The first-order chi connectivity index (χ1) is 10.6. The van der Waals surface area contributed by atoms with Crippen molar-refractivity contribution >= 4 is 11.9 Å². The first-order valence-corrected chi connectivity index (χ1v) is 6.95. The second-order valence-corrected chi connectivity index (χ2v) is 4.93. The fraction of sp³-hybridized carbons (Fsp3) is 0.467. The van der Waals surface area contributed by atoms with Crippen LogP contribution in [0.25, 0.3) is 0 Å². The molecular weight excluding hydrogens is 313 g/mol. The number of rotatable bonds is 6. The van der Waals surface area contributed by atoms with Crippen molar-refractivity contribution in [2.45, 2.75) is 26.9 Å². The Hall–Kier alpha value is -2.25. The quantitative estimate of drug-likeness (QED) is 0.643. The Balaban J connectivity index is 3.18. The lowest BCUT2D eigenvalue weighted by atomic mass is 10.1. The number of aromatic amines is 1. The normalized spacial score (nSPS) is 11.2. The summed E-state index contributed by atoms with van der Waals surface area (Å²) in [6.07, 6.45) is -3.32. The number of esters is 1. The number of carbonyl (C=O) groups is 2. The minimum Gasteiger partial charge on any atom is -0.462 e. The van der Waals surface area contributed by atoms with E-state index in [9.17, 15) is 22.8 Å². The lowest BCUT2D eigenvalue weighted by molar-refractivity contribution is -0.139. The summed E-state index contributed by atoms with van der Waals surface area (Å²) < 4.78 is 42.7. The molecular formula is C15H19F3N2O3. The molecule has 23 heavy (non-hydrogen) atoms. The second kappa shape index (κ2) is 7.34. The van der Waals surface area contributed by atoms with Gasteiger partial charge in [-0.3, -0.25) is 4.79 Å². The summed E-state index contributed by atoms with van der Waals surface area (Å²) in [6, 6.07) is 0. The lowest BCUT2D eigenvalue weighted by Crippen LogP contribution is -2.39. The molecule has 1 aromatic heterocycles. The SMILES string of the molecule is C=CCN(CC(F)(F)F)C(=O)c1[nH]c(C)c(C(=O)OCC)c1C. The van der Waals surface area contributed by atoms with Crippen LogP contribution in [0.15, 0.2) is 12.7 Å². The third kappa shape index (κ3) is 4.61. The molecule has 0 spiro atoms. The highest BCUT2D eigenvalue weighted by molar-refractivity contribution is 6.00. The highest BCUT2D eigenvalue weighted by Crippen LogP contribution is 2.23. The molecule has 0 unspecified atom stereocenters. The molecule has 0 saturated carbocycles. The van der Waals surface area contributed by atoms with Gasteiger partial charge in [-0.1, -0.05) is 6.08 Å². The number of H-pyrrole nitrogens is 1. The van der Waals surface area contributed by atoms with Crippen LogP contribution in [0, 0.1) is 13.8 Å². The Labute approximate surface area is 132 Å². The molecule has 1 amide bonds. The van der Waals surface area contributed by atoms with E-state index in [0.29, 0.717) is 10.6 Å². The predicted molar refractivity (Wildman–Crippen MR) is 78.4 cm³/mol. The van der Waals surface area contributed by atoms with E-state index in [2.05, 4.69) is 11.6 Å². The van der Waals surface area contributed by atoms with Crippen molar-refractivity contribution in [3.63, 3.8) is 0 Å². The zero-order chi connectivity index (χ0) is 17.8. The maximum Gasteiger partial charge on any atom is 0.406 e. The van der Waals surface area contributed by atoms with Crippen LogP contribution < -0.4 is 0 Å². The van der Waals surface area contributed by atoms with Crippen molar-refractivity contribution in [1.82, 2.24) is 9.88 Å². The standard InChI is InChI=1S/C15H19F3N2O3/c1-5-7-20(8-15(16,17)18)13(21)12-9(3)11(10(4)19-12)14(22)23-6-2/h5,19H,1,6-8H2,2-4H3. The van der Waals surface area contributed by atoms with E-state index >= 15 is 0 Å². The highest BCUT2D eigenvalue weighted by Gasteiger charge is 2.34. The van der Waals surface area contributed by atoms with Gasteiger partial charge in [0.1, 0.15) is 12.2 Å². The molecule has 0 radical (unpaired) electrons. The Morgan fingerprint density at radius 3 is 2.43 bits per heavy atom. The molecule has 1 heterocycles. The van der Waals surface area contributed by atoms with E-state index in [0.717, 1.165) is 0 Å². The average Bonchev–Trinajstić information content (AvgIpc) is 2.71. The van der Waals surface area contributed by atoms with Crippen LogP contribution in [0.1, 0.15) is 39.0 Å². The Morgan fingerprint density at radius 2 is 1.96 bits per heavy atom. The lowest BCUT2D eigenvalue weighted by Gasteiger charge is -2.22.